The van der Waals surface area contributed by atoms with Gasteiger partial charge in [-0.3, -0.25) is 0 Å². The first-order valence-electron chi connectivity index (χ1n) is 17.7. The van der Waals surface area contributed by atoms with E-state index < -0.39 is 8.07 Å². The van der Waals surface area contributed by atoms with Gasteiger partial charge < -0.3 is 9.47 Å². The highest BCUT2D eigenvalue weighted by Crippen LogP contribution is 2.39. The maximum atomic E-state index is 2.56. The molecule has 1 atom stereocenters. The van der Waals surface area contributed by atoms with Crippen LogP contribution in [0.25, 0.3) is 33.2 Å². The van der Waals surface area contributed by atoms with Gasteiger partial charge in [0.15, 0.2) is 8.07 Å². The van der Waals surface area contributed by atoms with Crippen LogP contribution in [0.5, 0.6) is 0 Å². The van der Waals surface area contributed by atoms with Gasteiger partial charge in [-0.25, -0.2) is 0 Å². The standard InChI is InChI=1S/C48H38N2Si/c1-49-47(36-19-7-2-8-20-36)34-42(35-48(49)37-21-9-3-10-22-37)51(39-25-13-5-14-26-39,40-27-15-6-16-28-40)41-31-32-46-44(33-41)43-29-17-18-30-45(43)50(46)38-23-11-4-12-24-38/h2-35,47H,1H3. The topological polar surface area (TPSA) is 8.17 Å². The number of allylic oxidation sites excluding steroid dienone is 2. The van der Waals surface area contributed by atoms with Gasteiger partial charge >= 0.3 is 0 Å². The molecule has 0 fully saturated rings. The molecule has 2 nitrogen and oxygen atoms in total. The first-order chi connectivity index (χ1) is 25.2. The fourth-order valence-electron chi connectivity index (χ4n) is 8.27. The molecule has 1 aliphatic heterocycles. The molecule has 0 saturated carbocycles. The Balaban J connectivity index is 1.39. The van der Waals surface area contributed by atoms with Crippen LogP contribution in [0.2, 0.25) is 0 Å². The van der Waals surface area contributed by atoms with Crippen molar-refractivity contribution in [2.24, 2.45) is 0 Å². The molecule has 244 valence electrons. The summed E-state index contributed by atoms with van der Waals surface area (Å²) in [5.41, 5.74) is 7.34. The second-order valence-corrected chi connectivity index (χ2v) is 17.2. The van der Waals surface area contributed by atoms with Crippen molar-refractivity contribution in [1.82, 2.24) is 9.47 Å². The van der Waals surface area contributed by atoms with Crippen molar-refractivity contribution in [3.8, 4) is 5.69 Å². The highest BCUT2D eigenvalue weighted by Gasteiger charge is 2.44. The third kappa shape index (κ3) is 5.17. The van der Waals surface area contributed by atoms with Gasteiger partial charge in [0.25, 0.3) is 0 Å². The van der Waals surface area contributed by atoms with Crippen LogP contribution >= 0.6 is 0 Å². The van der Waals surface area contributed by atoms with E-state index in [0.717, 1.165) is 0 Å². The summed E-state index contributed by atoms with van der Waals surface area (Å²) in [5.74, 6) is 0. The third-order valence-corrected chi connectivity index (χ3v) is 15.4. The molecule has 7 aromatic carbocycles. The van der Waals surface area contributed by atoms with Crippen LogP contribution in [-0.4, -0.2) is 24.6 Å². The largest absolute Gasteiger partial charge is 0.364 e. The Hall–Kier alpha value is -6.16. The zero-order chi connectivity index (χ0) is 34.2. The summed E-state index contributed by atoms with van der Waals surface area (Å²) in [5, 5.41) is 8.03. The number of hydrogen-bond donors (Lipinski definition) is 0. The Labute approximate surface area is 300 Å². The number of likely N-dealkylation sites (N-methyl/N-ethyl adjacent to an activating group) is 1. The van der Waals surface area contributed by atoms with Gasteiger partial charge in [-0.2, -0.15) is 0 Å². The van der Waals surface area contributed by atoms with Crippen molar-refractivity contribution in [3.05, 3.63) is 223 Å². The molecule has 3 heteroatoms. The maximum Gasteiger partial charge on any atom is 0.179 e. The summed E-state index contributed by atoms with van der Waals surface area (Å²) >= 11 is 0. The lowest BCUT2D eigenvalue weighted by Gasteiger charge is -2.41. The molecule has 8 aromatic rings. The average Bonchev–Trinajstić information content (AvgIpc) is 3.54. The van der Waals surface area contributed by atoms with E-state index in [1.165, 1.54) is 65.1 Å². The Morgan fingerprint density at radius 2 is 1.00 bits per heavy atom. The number of rotatable bonds is 7. The molecule has 9 rings (SSSR count). The zero-order valence-corrected chi connectivity index (χ0v) is 29.6. The van der Waals surface area contributed by atoms with Crippen LogP contribution in [0.3, 0.4) is 0 Å². The highest BCUT2D eigenvalue weighted by atomic mass is 28.3. The second kappa shape index (κ2) is 12.9. The fraction of sp³-hybridized carbons (Fsp3) is 0.0417. The molecular weight excluding hydrogens is 633 g/mol. The normalized spacial score (nSPS) is 14.8. The van der Waals surface area contributed by atoms with Crippen LogP contribution in [0.1, 0.15) is 17.2 Å². The molecular formula is C48H38N2Si. The minimum atomic E-state index is -2.93. The van der Waals surface area contributed by atoms with Crippen LogP contribution < -0.4 is 15.6 Å². The first kappa shape index (κ1) is 30.9. The number of benzene rings is 7. The molecule has 1 unspecified atom stereocenters. The molecule has 0 amide bonds. The second-order valence-electron chi connectivity index (χ2n) is 13.4. The molecule has 0 bridgehead atoms. The number of nitrogens with zero attached hydrogens (tertiary/aromatic N) is 2. The third-order valence-electron chi connectivity index (χ3n) is 10.6. The van der Waals surface area contributed by atoms with E-state index in [1.54, 1.807) is 0 Å². The lowest BCUT2D eigenvalue weighted by Crippen LogP contribution is -2.68. The number of aromatic nitrogens is 1. The van der Waals surface area contributed by atoms with Crippen LogP contribution in [0, 0.1) is 0 Å². The molecule has 0 N–H and O–H groups in total. The molecule has 2 heterocycles. The summed E-state index contributed by atoms with van der Waals surface area (Å²) in [6.45, 7) is 0. The molecule has 0 aliphatic carbocycles. The number of fused-ring (bicyclic) bond motifs is 3. The van der Waals surface area contributed by atoms with Gasteiger partial charge in [-0.1, -0.05) is 176 Å². The predicted octanol–water partition coefficient (Wildman–Crippen LogP) is 9.45. The quantitative estimate of drug-likeness (QED) is 0.121. The van der Waals surface area contributed by atoms with Crippen LogP contribution in [0.4, 0.5) is 0 Å². The minimum Gasteiger partial charge on any atom is -0.364 e. The van der Waals surface area contributed by atoms with E-state index in [4.69, 9.17) is 0 Å². The Morgan fingerprint density at radius 3 is 1.65 bits per heavy atom. The van der Waals surface area contributed by atoms with E-state index in [-0.39, 0.29) is 6.04 Å². The van der Waals surface area contributed by atoms with Gasteiger partial charge in [-0.05, 0) is 62.2 Å². The van der Waals surface area contributed by atoms with Gasteiger partial charge in [0.05, 0.1) is 17.1 Å². The molecule has 0 radical (unpaired) electrons. The summed E-state index contributed by atoms with van der Waals surface area (Å²) < 4.78 is 2.41. The first-order valence-corrected chi connectivity index (χ1v) is 19.7. The van der Waals surface area contributed by atoms with Crippen LogP contribution in [0.15, 0.2) is 211 Å². The zero-order valence-electron chi connectivity index (χ0n) is 28.6. The van der Waals surface area contributed by atoms with E-state index in [9.17, 15) is 0 Å². The van der Waals surface area contributed by atoms with Crippen molar-refractivity contribution in [1.29, 1.82) is 0 Å². The Morgan fingerprint density at radius 1 is 0.471 bits per heavy atom. The SMILES string of the molecule is CN1C(c2ccccc2)=CC([Si](c2ccccc2)(c2ccccc2)c2ccc3c(c2)c2ccccc2n3-c2ccccc2)=CC1c1ccccc1. The average molecular weight is 671 g/mol. The highest BCUT2D eigenvalue weighted by molar-refractivity contribution is 7.16. The summed E-state index contributed by atoms with van der Waals surface area (Å²) in [6.07, 6.45) is 5.06. The van der Waals surface area contributed by atoms with Crippen molar-refractivity contribution >= 4 is 51.1 Å². The van der Waals surface area contributed by atoms with Gasteiger partial charge in [0, 0.05) is 29.2 Å². The van der Waals surface area contributed by atoms with E-state index in [0.29, 0.717) is 0 Å². The Bertz CT molecular complexity index is 2480. The maximum absolute atomic E-state index is 2.93. The van der Waals surface area contributed by atoms with Crippen molar-refractivity contribution in [3.63, 3.8) is 0 Å². The summed E-state index contributed by atoms with van der Waals surface area (Å²) in [6, 6.07) is 71.4. The van der Waals surface area contributed by atoms with Gasteiger partial charge in [0.2, 0.25) is 0 Å². The summed E-state index contributed by atoms with van der Waals surface area (Å²) in [4.78, 5) is 2.44. The number of hydrogen-bond acceptors (Lipinski definition) is 1. The fourth-order valence-corrected chi connectivity index (χ4v) is 13.1. The van der Waals surface area contributed by atoms with Gasteiger partial charge in [-0.15, -0.1) is 0 Å². The van der Waals surface area contributed by atoms with E-state index in [2.05, 4.69) is 223 Å². The minimum absolute atomic E-state index is 0.0597. The van der Waals surface area contributed by atoms with Crippen molar-refractivity contribution in [2.75, 3.05) is 7.05 Å². The predicted molar refractivity (Wildman–Crippen MR) is 218 cm³/mol. The monoisotopic (exact) mass is 670 g/mol. The Kier molecular flexibility index (Phi) is 7.83. The van der Waals surface area contributed by atoms with Crippen molar-refractivity contribution in [2.45, 2.75) is 6.04 Å². The number of para-hydroxylation sites is 2. The van der Waals surface area contributed by atoms with Gasteiger partial charge in [0.1, 0.15) is 0 Å². The molecule has 1 aliphatic rings. The summed E-state index contributed by atoms with van der Waals surface area (Å²) in [7, 11) is -0.689. The smallest absolute Gasteiger partial charge is 0.179 e. The molecule has 0 saturated heterocycles. The lowest BCUT2D eigenvalue weighted by atomic mass is 9.99. The van der Waals surface area contributed by atoms with Crippen LogP contribution in [-0.2, 0) is 0 Å². The lowest BCUT2D eigenvalue weighted by molar-refractivity contribution is 0.411. The molecule has 1 aromatic heterocycles. The molecule has 51 heavy (non-hydrogen) atoms. The van der Waals surface area contributed by atoms with E-state index >= 15 is 0 Å². The van der Waals surface area contributed by atoms with E-state index in [1.807, 2.05) is 0 Å². The van der Waals surface area contributed by atoms with Crippen molar-refractivity contribution < 1.29 is 0 Å². The molecule has 0 spiro atoms.